The Hall–Kier alpha value is -7.13. The number of carbonyl (C=O) groups excluding carboxylic acids is 3. The quantitative estimate of drug-likeness (QED) is 0.0389. The highest BCUT2D eigenvalue weighted by atomic mass is 16.2. The number of aryl methyl sites for hydroxylation is 6. The van der Waals surface area contributed by atoms with Crippen LogP contribution in [0.25, 0.3) is 66.6 Å². The molecule has 9 heteroatoms. The molecule has 1 saturated carbocycles. The first-order chi connectivity index (χ1) is 42.8. The minimum atomic E-state index is -0.950. The van der Waals surface area contributed by atoms with Crippen LogP contribution in [0.4, 0.5) is 11.4 Å². The molecule has 9 nitrogen and oxygen atoms in total. The van der Waals surface area contributed by atoms with Crippen LogP contribution in [0, 0.1) is 43.9 Å². The summed E-state index contributed by atoms with van der Waals surface area (Å²) in [5, 5.41) is 3.14. The fourth-order valence-corrected chi connectivity index (χ4v) is 15.8. The summed E-state index contributed by atoms with van der Waals surface area (Å²) in [6, 6.07) is 29.8. The molecule has 3 atom stereocenters. The van der Waals surface area contributed by atoms with Gasteiger partial charge in [0.25, 0.3) is 0 Å². The number of rotatable bonds is 25. The maximum Gasteiger partial charge on any atom is 0.239 e. The molecule has 1 unspecified atom stereocenters. The van der Waals surface area contributed by atoms with Crippen molar-refractivity contribution in [3.8, 4) is 22.3 Å². The van der Waals surface area contributed by atoms with Crippen LogP contribution in [-0.4, -0.2) is 37.7 Å². The van der Waals surface area contributed by atoms with Crippen LogP contribution < -0.4 is 10.2 Å². The topological polar surface area (TPSA) is 124 Å². The van der Waals surface area contributed by atoms with Crippen LogP contribution in [0.5, 0.6) is 0 Å². The third-order valence-corrected chi connectivity index (χ3v) is 20.6. The largest absolute Gasteiger partial charge is 0.354 e. The highest BCUT2D eigenvalue weighted by molar-refractivity contribution is 6.21. The van der Waals surface area contributed by atoms with Gasteiger partial charge in [-0.2, -0.15) is 0 Å². The van der Waals surface area contributed by atoms with Gasteiger partial charge in [0.1, 0.15) is 0 Å². The van der Waals surface area contributed by atoms with E-state index in [1.54, 1.807) is 0 Å². The lowest BCUT2D eigenvalue weighted by Gasteiger charge is -2.55. The van der Waals surface area contributed by atoms with Crippen molar-refractivity contribution < 1.29 is 14.4 Å². The molecule has 470 valence electrons. The maximum atomic E-state index is 15.2. The van der Waals surface area contributed by atoms with Gasteiger partial charge in [-0.05, 0) is 204 Å². The second-order valence-corrected chi connectivity index (χ2v) is 28.1. The Morgan fingerprint density at radius 2 is 0.876 bits per heavy atom. The van der Waals surface area contributed by atoms with E-state index in [0.717, 1.165) is 150 Å². The second kappa shape index (κ2) is 27.5. The number of fused-ring (bicyclic) bond motifs is 10. The minimum Gasteiger partial charge on any atom is -0.354 e. The molecule has 3 aromatic carbocycles. The lowest BCUT2D eigenvalue weighted by atomic mass is 9.51. The van der Waals surface area contributed by atoms with Crippen LogP contribution in [0.15, 0.2) is 84.9 Å². The summed E-state index contributed by atoms with van der Waals surface area (Å²) in [6.45, 7) is 28.4. The van der Waals surface area contributed by atoms with Gasteiger partial charge >= 0.3 is 0 Å². The zero-order valence-corrected chi connectivity index (χ0v) is 56.4. The number of unbranched alkanes of at least 4 members (excludes halogenated alkanes) is 12. The van der Waals surface area contributed by atoms with E-state index >= 15 is 9.59 Å². The number of allylic oxidation sites excluding steroid dienone is 4. The van der Waals surface area contributed by atoms with Gasteiger partial charge in [-0.25, -0.2) is 14.9 Å². The Morgan fingerprint density at radius 3 is 1.28 bits per heavy atom. The molecule has 89 heavy (non-hydrogen) atoms. The number of aromatic amines is 2. The first-order valence-corrected chi connectivity index (χ1v) is 34.4. The Balaban J connectivity index is 1.22. The highest BCUT2D eigenvalue weighted by Crippen LogP contribution is 2.59. The summed E-state index contributed by atoms with van der Waals surface area (Å²) in [7, 11) is 0. The van der Waals surface area contributed by atoms with Crippen molar-refractivity contribution in [3.05, 3.63) is 141 Å². The number of anilines is 2. The van der Waals surface area contributed by atoms with Crippen LogP contribution in [-0.2, 0) is 27.2 Å². The zero-order chi connectivity index (χ0) is 63.4. The van der Waals surface area contributed by atoms with Crippen molar-refractivity contribution in [3.63, 3.8) is 0 Å². The molecule has 10 bridgehead atoms. The number of H-pyrrole nitrogens is 2. The smallest absolute Gasteiger partial charge is 0.239 e. The van der Waals surface area contributed by atoms with Gasteiger partial charge in [0.15, 0.2) is 0 Å². The Bertz CT molecular complexity index is 3820. The van der Waals surface area contributed by atoms with Gasteiger partial charge in [-0.1, -0.05) is 185 Å². The number of hydrogen-bond donors (Lipinski definition) is 3. The van der Waals surface area contributed by atoms with Gasteiger partial charge in [0.05, 0.1) is 39.5 Å². The van der Waals surface area contributed by atoms with Gasteiger partial charge in [0, 0.05) is 44.1 Å². The second-order valence-electron chi connectivity index (χ2n) is 28.1. The number of aromatic nitrogens is 4. The van der Waals surface area contributed by atoms with E-state index < -0.39 is 16.2 Å². The molecule has 6 heterocycles. The fraction of sp³-hybridized carbons (Fsp3) is 0.487. The fourth-order valence-electron chi connectivity index (χ4n) is 15.8. The van der Waals surface area contributed by atoms with Crippen LogP contribution >= 0.6 is 0 Å². The van der Waals surface area contributed by atoms with Crippen molar-refractivity contribution >= 4 is 73.5 Å². The Labute approximate surface area is 532 Å². The molecule has 0 spiro atoms. The number of benzene rings is 3. The molecule has 4 aliphatic rings. The molecular weight excluding hydrogens is 1090 g/mol. The minimum absolute atomic E-state index is 0.163. The van der Waals surface area contributed by atoms with Gasteiger partial charge in [0.2, 0.25) is 17.7 Å². The number of piperidine rings is 1. The molecule has 3 amide bonds. The monoisotopic (exact) mass is 1190 g/mol. The predicted octanol–water partition coefficient (Wildman–Crippen LogP) is 21.6. The molecule has 6 aromatic rings. The predicted molar refractivity (Wildman–Crippen MR) is 375 cm³/mol. The number of hydrogen-bond acceptors (Lipinski definition) is 5. The number of amides is 3. The Morgan fingerprint density at radius 1 is 0.494 bits per heavy atom. The average Bonchev–Trinajstić information content (AvgIpc) is 1.53. The summed E-state index contributed by atoms with van der Waals surface area (Å²) in [5.74, 6) is -0.674. The van der Waals surface area contributed by atoms with Crippen molar-refractivity contribution in [2.75, 3.05) is 10.2 Å². The first-order valence-electron chi connectivity index (χ1n) is 34.4. The number of carbonyl (C=O) groups is 3. The summed E-state index contributed by atoms with van der Waals surface area (Å²) < 4.78 is 0. The maximum absolute atomic E-state index is 15.2. The van der Waals surface area contributed by atoms with Crippen molar-refractivity contribution in [1.82, 2.24) is 19.9 Å². The molecular formula is C80H102N6O3. The molecule has 0 radical (unpaired) electrons. The van der Waals surface area contributed by atoms with E-state index in [4.69, 9.17) is 9.97 Å². The van der Waals surface area contributed by atoms with Crippen LogP contribution in [0.3, 0.4) is 0 Å². The molecule has 3 aromatic heterocycles. The van der Waals surface area contributed by atoms with Gasteiger partial charge in [-0.3, -0.25) is 14.4 Å². The van der Waals surface area contributed by atoms with Crippen molar-refractivity contribution in [1.29, 1.82) is 0 Å². The molecule has 10 rings (SSSR count). The first kappa shape index (κ1) is 64.8. The molecule has 2 fully saturated rings. The lowest BCUT2D eigenvalue weighted by molar-refractivity contribution is -0.158. The van der Waals surface area contributed by atoms with E-state index in [1.807, 2.05) is 64.1 Å². The third kappa shape index (κ3) is 13.2. The Kier molecular flexibility index (Phi) is 20.1. The zero-order valence-electron chi connectivity index (χ0n) is 56.4. The standard InChI is InChI=1S/C80H102N6O3/c1-14-18-22-26-30-61-53(7)71-69(57-38-34-51(5)35-39-57)72-54(8)62(31-27-23-19-15-2)66(83-72)47-68-64(33-29-25-21-17-4)56(10)74(85-68)70(73-55(9)63(32-28-24-20-16-3)67(84-73)46-65(61)82-71)58-40-44-60(45-41-58)86-76(88)79(12)48-78(11,49-80(13,50-79)77(86)89)75(87)81-59-42-36-52(6)37-43-59/h34-47,82,85H,14-33,48-50H2,1-13H3,(H,81,87)/t78?,79-,80+. The SMILES string of the molecule is CCCCCCC1=C(C)c2nc1cc1[nH]c(c(C)c1CCCCCC)c(-c1ccc(C)cc1)c1nc(cc3[nH]c(c(C)c3CCCCCC)c2-c2ccc(N3C(=O)[C@@]4(C)CC(C)(C(=O)Nc5ccc(C)cc5)C[C@](C)(C4)C3=O)cc2)C(CCCCCC)=C1C. The van der Waals surface area contributed by atoms with Gasteiger partial charge < -0.3 is 15.3 Å². The summed E-state index contributed by atoms with van der Waals surface area (Å²) in [4.78, 5) is 66.2. The van der Waals surface area contributed by atoms with Crippen molar-refractivity contribution in [2.45, 2.75) is 238 Å². The van der Waals surface area contributed by atoms with E-state index in [-0.39, 0.29) is 17.7 Å². The summed E-state index contributed by atoms with van der Waals surface area (Å²) >= 11 is 0. The van der Waals surface area contributed by atoms with E-state index in [2.05, 4.69) is 126 Å². The average molecular weight is 1200 g/mol. The molecule has 1 saturated heterocycles. The normalized spacial score (nSPS) is 19.3. The molecule has 1 aliphatic carbocycles. The van der Waals surface area contributed by atoms with Gasteiger partial charge in [-0.15, -0.1) is 0 Å². The number of imide groups is 1. The van der Waals surface area contributed by atoms with Crippen LogP contribution in [0.2, 0.25) is 0 Å². The molecule has 3 N–H and O–H groups in total. The molecule has 3 aliphatic heterocycles. The van der Waals surface area contributed by atoms with E-state index in [9.17, 15) is 4.79 Å². The third-order valence-electron chi connectivity index (χ3n) is 20.6. The highest BCUT2D eigenvalue weighted by Gasteiger charge is 2.63. The van der Waals surface area contributed by atoms with E-state index in [1.165, 1.54) is 106 Å². The number of nitrogens with one attached hydrogen (secondary N) is 3. The van der Waals surface area contributed by atoms with E-state index in [0.29, 0.717) is 30.6 Å². The summed E-state index contributed by atoms with van der Waals surface area (Å²) in [5.41, 5.74) is 23.6. The van der Waals surface area contributed by atoms with Crippen LogP contribution in [0.1, 0.15) is 253 Å². The number of nitrogens with zero attached hydrogens (tertiary/aromatic N) is 3. The lowest BCUT2D eigenvalue weighted by Crippen LogP contribution is -2.64. The summed E-state index contributed by atoms with van der Waals surface area (Å²) in [6.07, 6.45) is 23.2. The van der Waals surface area contributed by atoms with Crippen molar-refractivity contribution in [2.24, 2.45) is 16.2 Å².